The lowest BCUT2D eigenvalue weighted by Crippen LogP contribution is -2.57. The Balaban J connectivity index is 1.71. The molecule has 0 radical (unpaired) electrons. The summed E-state index contributed by atoms with van der Waals surface area (Å²) in [6, 6.07) is 2.85. The number of alkyl halides is 3. The Morgan fingerprint density at radius 1 is 1.09 bits per heavy atom. The summed E-state index contributed by atoms with van der Waals surface area (Å²) in [5.74, 6) is -0.912. The molecule has 10 nitrogen and oxygen atoms in total. The van der Waals surface area contributed by atoms with Gasteiger partial charge in [0.05, 0.1) is 29.7 Å². The van der Waals surface area contributed by atoms with Crippen molar-refractivity contribution in [1.29, 1.82) is 0 Å². The minimum atomic E-state index is -4.58. The fraction of sp³-hybridized carbons (Fsp3) is 0.483. The van der Waals surface area contributed by atoms with Crippen LogP contribution < -0.4 is 4.90 Å². The highest BCUT2D eigenvalue weighted by molar-refractivity contribution is 6.30. The van der Waals surface area contributed by atoms with Crippen molar-refractivity contribution in [2.45, 2.75) is 90.3 Å². The molecular formula is C29H34ClF3N6O4. The summed E-state index contributed by atoms with van der Waals surface area (Å²) in [5.41, 5.74) is -0.221. The number of anilines is 1. The average molecular weight is 623 g/mol. The fourth-order valence-corrected chi connectivity index (χ4v) is 5.68. The van der Waals surface area contributed by atoms with Gasteiger partial charge >= 0.3 is 18.2 Å². The first-order valence-electron chi connectivity index (χ1n) is 14.0. The number of rotatable bonds is 9. The number of aromatic carboxylic acids is 1. The van der Waals surface area contributed by atoms with E-state index in [1.165, 1.54) is 35.6 Å². The van der Waals surface area contributed by atoms with E-state index in [0.29, 0.717) is 36.9 Å². The number of nitrogens with zero attached hydrogens (tertiary/aromatic N) is 6. The Bertz CT molecular complexity index is 1420. The summed E-state index contributed by atoms with van der Waals surface area (Å²) in [6.45, 7) is 7.58. The number of hydrogen-bond acceptors (Lipinski definition) is 7. The van der Waals surface area contributed by atoms with Crippen LogP contribution >= 0.6 is 11.6 Å². The van der Waals surface area contributed by atoms with Crippen molar-refractivity contribution in [2.24, 2.45) is 0 Å². The van der Waals surface area contributed by atoms with Gasteiger partial charge in [0.1, 0.15) is 6.33 Å². The molecule has 0 spiro atoms. The number of halogens is 4. The lowest BCUT2D eigenvalue weighted by Gasteiger charge is -2.47. The first kappa shape index (κ1) is 32.1. The van der Waals surface area contributed by atoms with Gasteiger partial charge in [-0.25, -0.2) is 24.5 Å². The third-order valence-corrected chi connectivity index (χ3v) is 7.64. The minimum Gasteiger partial charge on any atom is -0.476 e. The number of benzene rings is 1. The molecule has 1 aromatic carbocycles. The van der Waals surface area contributed by atoms with E-state index in [1.807, 2.05) is 18.7 Å². The molecule has 0 saturated carbocycles. The number of carboxylic acid groups (broad SMARTS) is 1. The molecule has 0 bridgehead atoms. The van der Waals surface area contributed by atoms with Gasteiger partial charge in [0.25, 0.3) is 0 Å². The number of aromatic nitrogens is 4. The highest BCUT2D eigenvalue weighted by Gasteiger charge is 2.41. The number of carboxylic acids is 1. The molecule has 1 amide bonds. The molecule has 43 heavy (non-hydrogen) atoms. The summed E-state index contributed by atoms with van der Waals surface area (Å²) >= 11 is 6.11. The summed E-state index contributed by atoms with van der Waals surface area (Å²) in [6.07, 6.45) is 2.72. The number of hydrogen-bond donors (Lipinski definition) is 1. The molecule has 3 aromatic rings. The molecule has 3 atom stereocenters. The van der Waals surface area contributed by atoms with Gasteiger partial charge in [-0.2, -0.15) is 13.2 Å². The Labute approximate surface area is 252 Å². The van der Waals surface area contributed by atoms with Crippen molar-refractivity contribution in [3.05, 3.63) is 65.0 Å². The van der Waals surface area contributed by atoms with Crippen LogP contribution in [0.4, 0.5) is 23.9 Å². The van der Waals surface area contributed by atoms with Gasteiger partial charge in [-0.15, -0.1) is 0 Å². The highest BCUT2D eigenvalue weighted by Crippen LogP contribution is 2.35. The van der Waals surface area contributed by atoms with Gasteiger partial charge in [-0.05, 0) is 63.3 Å². The van der Waals surface area contributed by atoms with Gasteiger partial charge in [-0.3, -0.25) is 0 Å². The van der Waals surface area contributed by atoms with Crippen LogP contribution in [0.1, 0.15) is 75.0 Å². The van der Waals surface area contributed by atoms with Gasteiger partial charge in [0.15, 0.2) is 5.69 Å². The molecule has 2 aromatic heterocycles. The van der Waals surface area contributed by atoms with Crippen molar-refractivity contribution in [1.82, 2.24) is 24.4 Å². The van der Waals surface area contributed by atoms with Crippen molar-refractivity contribution in [2.75, 3.05) is 4.90 Å². The van der Waals surface area contributed by atoms with E-state index in [0.717, 1.165) is 12.1 Å². The minimum absolute atomic E-state index is 0.0329. The lowest BCUT2D eigenvalue weighted by atomic mass is 9.87. The van der Waals surface area contributed by atoms with Crippen LogP contribution in [0.2, 0.25) is 5.02 Å². The van der Waals surface area contributed by atoms with Gasteiger partial charge < -0.3 is 24.2 Å². The smallest absolute Gasteiger partial charge is 0.416 e. The predicted molar refractivity (Wildman–Crippen MR) is 153 cm³/mol. The number of amides is 1. The fourth-order valence-electron chi connectivity index (χ4n) is 5.43. The summed E-state index contributed by atoms with van der Waals surface area (Å²) in [4.78, 5) is 40.8. The molecule has 1 aliphatic rings. The molecule has 3 heterocycles. The first-order valence-corrected chi connectivity index (χ1v) is 14.4. The standard InChI is InChI=1S/C29H34ClF3N6O4/c1-5-21-10-23(11-22(6-2)39(21)28(42)43-17(3)4)38(14-18-7-19(29(31,32)33)9-20(30)8-18)27-34-12-24(13-35-27)37-15-25(26(40)41)36-16-37/h7-9,12-13,15-17,21-23H,5-6,10-11,14H2,1-4H3,(H,40,41)/t21-,22+,23+. The second-order valence-electron chi connectivity index (χ2n) is 10.8. The third-order valence-electron chi connectivity index (χ3n) is 7.42. The Hall–Kier alpha value is -3.87. The Kier molecular flexibility index (Phi) is 9.83. The third kappa shape index (κ3) is 7.56. The molecule has 1 N–H and O–H groups in total. The van der Waals surface area contributed by atoms with E-state index in [4.69, 9.17) is 16.3 Å². The largest absolute Gasteiger partial charge is 0.476 e. The predicted octanol–water partition coefficient (Wildman–Crippen LogP) is 6.61. The van der Waals surface area contributed by atoms with Crippen LogP contribution in [-0.2, 0) is 17.5 Å². The maximum Gasteiger partial charge on any atom is 0.416 e. The molecule has 14 heteroatoms. The highest BCUT2D eigenvalue weighted by atomic mass is 35.5. The SMILES string of the molecule is CC[C@@H]1C[C@H](N(Cc2cc(Cl)cc(C(F)(F)F)c2)c2ncc(-n3cnc(C(=O)O)c3)cn2)C[C@H](CC)N1C(=O)OC(C)C. The van der Waals surface area contributed by atoms with E-state index in [9.17, 15) is 27.9 Å². The van der Waals surface area contributed by atoms with E-state index in [2.05, 4.69) is 15.0 Å². The second-order valence-corrected chi connectivity index (χ2v) is 11.2. The molecule has 0 aliphatic carbocycles. The second kappa shape index (κ2) is 13.2. The maximum absolute atomic E-state index is 13.6. The van der Waals surface area contributed by atoms with Gasteiger partial charge in [0.2, 0.25) is 5.95 Å². The van der Waals surface area contributed by atoms with Crippen molar-refractivity contribution < 1.29 is 32.6 Å². The number of imidazole rings is 1. The number of ether oxygens (including phenoxy) is 1. The average Bonchev–Trinajstić information content (AvgIpc) is 3.45. The zero-order valence-corrected chi connectivity index (χ0v) is 25.0. The Morgan fingerprint density at radius 2 is 1.72 bits per heavy atom. The Morgan fingerprint density at radius 3 is 2.23 bits per heavy atom. The summed E-state index contributed by atoms with van der Waals surface area (Å²) < 4.78 is 47.9. The molecule has 0 unspecified atom stereocenters. The molecule has 1 fully saturated rings. The zero-order valence-electron chi connectivity index (χ0n) is 24.3. The van der Waals surface area contributed by atoms with E-state index < -0.39 is 17.7 Å². The summed E-state index contributed by atoms with van der Waals surface area (Å²) in [5, 5.41) is 9.15. The van der Waals surface area contributed by atoms with E-state index >= 15 is 0 Å². The van der Waals surface area contributed by atoms with Crippen LogP contribution in [0.5, 0.6) is 0 Å². The van der Waals surface area contributed by atoms with Crippen LogP contribution in [0.15, 0.2) is 43.1 Å². The zero-order chi connectivity index (χ0) is 31.5. The maximum atomic E-state index is 13.6. The van der Waals surface area contributed by atoms with Gasteiger partial charge in [-0.1, -0.05) is 25.4 Å². The number of carbonyl (C=O) groups is 2. The monoisotopic (exact) mass is 622 g/mol. The van der Waals surface area contributed by atoms with E-state index in [-0.39, 0.29) is 53.5 Å². The topological polar surface area (TPSA) is 114 Å². The molecule has 1 saturated heterocycles. The van der Waals surface area contributed by atoms with Crippen LogP contribution in [0.3, 0.4) is 0 Å². The van der Waals surface area contributed by atoms with Crippen LogP contribution in [-0.4, -0.2) is 65.8 Å². The van der Waals surface area contributed by atoms with Gasteiger partial charge in [0, 0.05) is 35.9 Å². The summed E-state index contributed by atoms with van der Waals surface area (Å²) in [7, 11) is 0. The lowest BCUT2D eigenvalue weighted by molar-refractivity contribution is -0.137. The van der Waals surface area contributed by atoms with Crippen molar-refractivity contribution >= 4 is 29.6 Å². The van der Waals surface area contributed by atoms with Crippen molar-refractivity contribution in [3.8, 4) is 5.69 Å². The normalized spacial score (nSPS) is 19.0. The van der Waals surface area contributed by atoms with Crippen LogP contribution in [0.25, 0.3) is 5.69 Å². The number of piperidine rings is 1. The number of carbonyl (C=O) groups excluding carboxylic acids is 1. The first-order chi connectivity index (χ1) is 20.3. The molecule has 1 aliphatic heterocycles. The van der Waals surface area contributed by atoms with E-state index in [1.54, 1.807) is 18.7 Å². The van der Waals surface area contributed by atoms with Crippen LogP contribution in [0, 0.1) is 0 Å². The van der Waals surface area contributed by atoms with Crippen molar-refractivity contribution in [3.63, 3.8) is 0 Å². The molecule has 232 valence electrons. The molecular weight excluding hydrogens is 589 g/mol. The number of likely N-dealkylation sites (tertiary alicyclic amines) is 1. The quantitative estimate of drug-likeness (QED) is 0.284. The molecule has 4 rings (SSSR count).